The highest BCUT2D eigenvalue weighted by Crippen LogP contribution is 2.06. The summed E-state index contributed by atoms with van der Waals surface area (Å²) >= 11 is 5.21. The molecule has 0 radical (unpaired) electrons. The molecular weight excluding hydrogens is 158 g/mol. The van der Waals surface area contributed by atoms with Crippen LogP contribution in [0.4, 0.5) is 0 Å². The molecule has 0 amide bonds. The molecule has 1 aliphatic rings. The molecule has 0 saturated carbocycles. The van der Waals surface area contributed by atoms with Gasteiger partial charge in [-0.05, 0) is 32.0 Å². The van der Waals surface area contributed by atoms with Gasteiger partial charge in [-0.25, -0.2) is 0 Å². The molecule has 0 aromatic carbocycles. The third-order valence-corrected chi connectivity index (χ3v) is 3.25. The van der Waals surface area contributed by atoms with Crippen LogP contribution in [-0.4, -0.2) is 39.3 Å². The number of nitrogens with zero attached hydrogens (tertiary/aromatic N) is 1. The van der Waals surface area contributed by atoms with Gasteiger partial charge in [-0.3, -0.25) is 0 Å². The van der Waals surface area contributed by atoms with E-state index in [-0.39, 0.29) is 0 Å². The zero-order valence-electron chi connectivity index (χ0n) is 6.60. The molecular formula is C7H15NSSi. The van der Waals surface area contributed by atoms with Gasteiger partial charge in [0.25, 0.3) is 0 Å². The first kappa shape index (κ1) is 8.36. The van der Waals surface area contributed by atoms with E-state index in [2.05, 4.69) is 4.90 Å². The molecule has 1 saturated heterocycles. The van der Waals surface area contributed by atoms with Gasteiger partial charge in [0.15, 0.2) is 0 Å². The van der Waals surface area contributed by atoms with Crippen molar-refractivity contribution in [3.05, 3.63) is 0 Å². The maximum absolute atomic E-state index is 5.21. The third kappa shape index (κ3) is 2.48. The van der Waals surface area contributed by atoms with Gasteiger partial charge in [0.1, 0.15) is 0 Å². The maximum atomic E-state index is 5.21. The van der Waals surface area contributed by atoms with Crippen molar-refractivity contribution in [2.45, 2.75) is 19.3 Å². The van der Waals surface area contributed by atoms with Gasteiger partial charge in [-0.15, -0.1) is 0 Å². The Labute approximate surface area is 71.2 Å². The molecule has 1 heterocycles. The quantitative estimate of drug-likeness (QED) is 0.411. The first-order valence-corrected chi connectivity index (χ1v) is 5.89. The zero-order chi connectivity index (χ0) is 7.40. The smallest absolute Gasteiger partial charge is 0.0293 e. The van der Waals surface area contributed by atoms with E-state index < -0.39 is 0 Å². The van der Waals surface area contributed by atoms with Gasteiger partial charge in [-0.1, -0.05) is 12.2 Å². The van der Waals surface area contributed by atoms with Crippen LogP contribution in [0.2, 0.25) is 0 Å². The van der Waals surface area contributed by atoms with Crippen molar-refractivity contribution < 1.29 is 0 Å². The van der Waals surface area contributed by atoms with Gasteiger partial charge in [0, 0.05) is 21.7 Å². The van der Waals surface area contributed by atoms with Crippen LogP contribution in [0, 0.1) is 0 Å². The van der Waals surface area contributed by atoms with E-state index in [4.69, 9.17) is 12.2 Å². The fourth-order valence-corrected chi connectivity index (χ4v) is 2.20. The Morgan fingerprint density at radius 3 is 3.00 bits per heavy atom. The number of rotatable bonds is 1. The van der Waals surface area contributed by atoms with E-state index in [1.54, 1.807) is 0 Å². The largest absolute Gasteiger partial charge is 0.302 e. The van der Waals surface area contributed by atoms with Crippen LogP contribution < -0.4 is 0 Å². The lowest BCUT2D eigenvalue weighted by atomic mass is 10.2. The normalized spacial score (nSPS) is 23.0. The molecule has 1 aliphatic heterocycles. The standard InChI is InChI=1S/C7H15NSSi/c9-7-3-1-2-4-8(5-7)6-10/h1-6H2,10H3. The van der Waals surface area contributed by atoms with Gasteiger partial charge in [0.05, 0.1) is 0 Å². The highest BCUT2D eigenvalue weighted by Gasteiger charge is 2.09. The summed E-state index contributed by atoms with van der Waals surface area (Å²) in [6.45, 7) is 2.38. The van der Waals surface area contributed by atoms with Gasteiger partial charge in [0.2, 0.25) is 0 Å². The van der Waals surface area contributed by atoms with Crippen LogP contribution in [0.15, 0.2) is 0 Å². The number of hydrogen-bond donors (Lipinski definition) is 0. The van der Waals surface area contributed by atoms with Gasteiger partial charge < -0.3 is 4.90 Å². The minimum Gasteiger partial charge on any atom is -0.302 e. The molecule has 0 N–H and O–H groups in total. The summed E-state index contributed by atoms with van der Waals surface area (Å²) in [6.07, 6.45) is 5.15. The monoisotopic (exact) mass is 173 g/mol. The minimum absolute atomic E-state index is 1.10. The van der Waals surface area contributed by atoms with Crippen molar-refractivity contribution in [1.29, 1.82) is 0 Å². The van der Waals surface area contributed by atoms with E-state index in [1.165, 1.54) is 47.1 Å². The summed E-state index contributed by atoms with van der Waals surface area (Å²) < 4.78 is 0. The lowest BCUT2D eigenvalue weighted by Gasteiger charge is -2.16. The van der Waals surface area contributed by atoms with E-state index in [9.17, 15) is 0 Å². The van der Waals surface area contributed by atoms with Crippen LogP contribution in [0.25, 0.3) is 0 Å². The third-order valence-electron chi connectivity index (χ3n) is 2.03. The molecule has 1 rings (SSSR count). The van der Waals surface area contributed by atoms with Crippen LogP contribution in [0.5, 0.6) is 0 Å². The fraction of sp³-hybridized carbons (Fsp3) is 0.857. The average Bonchev–Trinajstić information content (AvgIpc) is 2.13. The predicted molar refractivity (Wildman–Crippen MR) is 52.8 cm³/mol. The number of hydrogen-bond acceptors (Lipinski definition) is 2. The topological polar surface area (TPSA) is 3.24 Å². The van der Waals surface area contributed by atoms with Gasteiger partial charge in [-0.2, -0.15) is 0 Å². The molecule has 0 aliphatic carbocycles. The van der Waals surface area contributed by atoms with E-state index in [0.29, 0.717) is 0 Å². The molecule has 0 atom stereocenters. The van der Waals surface area contributed by atoms with Crippen LogP contribution in [-0.2, 0) is 0 Å². The highest BCUT2D eigenvalue weighted by molar-refractivity contribution is 7.80. The summed E-state index contributed by atoms with van der Waals surface area (Å²) in [4.78, 5) is 3.76. The zero-order valence-corrected chi connectivity index (χ0v) is 9.41. The van der Waals surface area contributed by atoms with Crippen molar-refractivity contribution in [1.82, 2.24) is 4.90 Å². The van der Waals surface area contributed by atoms with Crippen LogP contribution in [0.1, 0.15) is 19.3 Å². The first-order valence-electron chi connectivity index (χ1n) is 4.07. The number of likely N-dealkylation sites (tertiary alicyclic amines) is 1. The fourth-order valence-electron chi connectivity index (χ4n) is 1.34. The Hall–Kier alpha value is 0.267. The molecule has 0 unspecified atom stereocenters. The highest BCUT2D eigenvalue weighted by atomic mass is 32.1. The summed E-state index contributed by atoms with van der Waals surface area (Å²) in [5, 5.41) is 0. The summed E-state index contributed by atoms with van der Waals surface area (Å²) in [6, 6.07) is 0. The van der Waals surface area contributed by atoms with E-state index in [0.717, 1.165) is 6.54 Å². The Bertz CT molecular complexity index is 127. The van der Waals surface area contributed by atoms with Crippen molar-refractivity contribution in [3.8, 4) is 0 Å². The van der Waals surface area contributed by atoms with Crippen molar-refractivity contribution in [2.24, 2.45) is 0 Å². The molecule has 0 aromatic rings. The Kier molecular flexibility index (Phi) is 3.52. The van der Waals surface area contributed by atoms with Crippen molar-refractivity contribution in [3.63, 3.8) is 0 Å². The lowest BCUT2D eigenvalue weighted by Crippen LogP contribution is -2.28. The lowest BCUT2D eigenvalue weighted by molar-refractivity contribution is 0.365. The summed E-state index contributed by atoms with van der Waals surface area (Å²) in [7, 11) is 1.29. The van der Waals surface area contributed by atoms with Crippen molar-refractivity contribution in [2.75, 3.05) is 19.3 Å². The van der Waals surface area contributed by atoms with Crippen LogP contribution in [0.3, 0.4) is 0 Å². The molecule has 3 heteroatoms. The van der Waals surface area contributed by atoms with E-state index >= 15 is 0 Å². The predicted octanol–water partition coefficient (Wildman–Crippen LogP) is 0.165. The Morgan fingerprint density at radius 1 is 1.50 bits per heavy atom. The molecule has 0 spiro atoms. The minimum atomic E-state index is 1.10. The Morgan fingerprint density at radius 2 is 2.30 bits per heavy atom. The number of thiocarbonyl (C=S) groups is 1. The maximum Gasteiger partial charge on any atom is 0.0293 e. The molecule has 1 fully saturated rings. The SMILES string of the molecule is [SiH3]CN1CCCCC(=S)C1. The first-order chi connectivity index (χ1) is 4.83. The molecule has 10 heavy (non-hydrogen) atoms. The molecule has 0 aromatic heterocycles. The molecule has 58 valence electrons. The summed E-state index contributed by atoms with van der Waals surface area (Å²) in [5.41, 5.74) is 0. The van der Waals surface area contributed by atoms with Crippen LogP contribution >= 0.6 is 12.2 Å². The average molecular weight is 173 g/mol. The second-order valence-electron chi connectivity index (χ2n) is 2.86. The van der Waals surface area contributed by atoms with Crippen molar-refractivity contribution >= 4 is 27.3 Å². The molecule has 1 nitrogen and oxygen atoms in total. The van der Waals surface area contributed by atoms with Gasteiger partial charge >= 0.3 is 0 Å². The summed E-state index contributed by atoms with van der Waals surface area (Å²) in [5.74, 6) is 0. The van der Waals surface area contributed by atoms with E-state index in [1.807, 2.05) is 0 Å². The Balaban J connectivity index is 2.38. The molecule has 0 bridgehead atoms. The second kappa shape index (κ2) is 4.21. The second-order valence-corrected chi connectivity index (χ2v) is 4.07.